The van der Waals surface area contributed by atoms with Crippen LogP contribution in [0.1, 0.15) is 42.4 Å². The molecule has 0 nitrogen and oxygen atoms in total. The molecule has 2 heteroatoms. The molecule has 20 heavy (non-hydrogen) atoms. The minimum Gasteiger partial charge on any atom is -0.0827 e. The summed E-state index contributed by atoms with van der Waals surface area (Å²) >= 11 is 12.2. The standard InChI is InChI=1S/C18H18Cl2/c1-2-12-9-13-5-3-4-6-15(13)16(10-12)14-7-8-17(19)18(20)11-14/h3-8,11-12,16H,2,9-10H2,1H3/t12-,16-/m0/s1. The van der Waals surface area contributed by atoms with Crippen LogP contribution < -0.4 is 0 Å². The summed E-state index contributed by atoms with van der Waals surface area (Å²) in [6.45, 7) is 2.28. The van der Waals surface area contributed by atoms with E-state index >= 15 is 0 Å². The van der Waals surface area contributed by atoms with Crippen LogP contribution >= 0.6 is 23.2 Å². The minimum atomic E-state index is 0.444. The monoisotopic (exact) mass is 304 g/mol. The van der Waals surface area contributed by atoms with Gasteiger partial charge in [0.1, 0.15) is 0 Å². The molecule has 0 fully saturated rings. The van der Waals surface area contributed by atoms with E-state index in [0.717, 1.165) is 5.92 Å². The van der Waals surface area contributed by atoms with Crippen LogP contribution in [-0.2, 0) is 6.42 Å². The molecule has 1 aliphatic carbocycles. The molecule has 0 N–H and O–H groups in total. The van der Waals surface area contributed by atoms with Crippen LogP contribution in [0.25, 0.3) is 0 Å². The van der Waals surface area contributed by atoms with Gasteiger partial charge in [0.25, 0.3) is 0 Å². The maximum absolute atomic E-state index is 6.20. The predicted octanol–water partition coefficient (Wildman–Crippen LogP) is 6.10. The summed E-state index contributed by atoms with van der Waals surface area (Å²) in [5, 5.41) is 1.28. The first-order chi connectivity index (χ1) is 9.69. The van der Waals surface area contributed by atoms with Crippen LogP contribution in [0.15, 0.2) is 42.5 Å². The number of hydrogen-bond acceptors (Lipinski definition) is 0. The van der Waals surface area contributed by atoms with Gasteiger partial charge in [-0.15, -0.1) is 0 Å². The first-order valence-corrected chi connectivity index (χ1v) is 7.97. The lowest BCUT2D eigenvalue weighted by atomic mass is 9.73. The highest BCUT2D eigenvalue weighted by Crippen LogP contribution is 2.41. The van der Waals surface area contributed by atoms with Gasteiger partial charge in [0.15, 0.2) is 0 Å². The topological polar surface area (TPSA) is 0 Å². The second-order valence-electron chi connectivity index (χ2n) is 5.64. The van der Waals surface area contributed by atoms with E-state index in [0.29, 0.717) is 16.0 Å². The molecule has 0 bridgehead atoms. The molecule has 2 aromatic carbocycles. The van der Waals surface area contributed by atoms with E-state index < -0.39 is 0 Å². The molecule has 0 saturated heterocycles. The smallest absolute Gasteiger partial charge is 0.0595 e. The minimum absolute atomic E-state index is 0.444. The second-order valence-corrected chi connectivity index (χ2v) is 6.45. The van der Waals surface area contributed by atoms with Gasteiger partial charge in [-0.3, -0.25) is 0 Å². The maximum atomic E-state index is 6.20. The van der Waals surface area contributed by atoms with Gasteiger partial charge in [0, 0.05) is 5.92 Å². The van der Waals surface area contributed by atoms with Crippen LogP contribution in [0.5, 0.6) is 0 Å². The zero-order valence-electron chi connectivity index (χ0n) is 11.6. The molecule has 2 aromatic rings. The van der Waals surface area contributed by atoms with Crippen molar-refractivity contribution in [3.63, 3.8) is 0 Å². The third-order valence-corrected chi connectivity index (χ3v) is 5.17. The van der Waals surface area contributed by atoms with Crippen molar-refractivity contribution in [1.82, 2.24) is 0 Å². The highest BCUT2D eigenvalue weighted by molar-refractivity contribution is 6.42. The highest BCUT2D eigenvalue weighted by atomic mass is 35.5. The van der Waals surface area contributed by atoms with Gasteiger partial charge in [-0.2, -0.15) is 0 Å². The molecule has 3 rings (SSSR count). The summed E-state index contributed by atoms with van der Waals surface area (Å²) in [6.07, 6.45) is 3.63. The Morgan fingerprint density at radius 2 is 1.85 bits per heavy atom. The van der Waals surface area contributed by atoms with E-state index in [4.69, 9.17) is 23.2 Å². The zero-order valence-corrected chi connectivity index (χ0v) is 13.1. The average molecular weight is 305 g/mol. The highest BCUT2D eigenvalue weighted by Gasteiger charge is 2.27. The number of fused-ring (bicyclic) bond motifs is 1. The lowest BCUT2D eigenvalue weighted by Gasteiger charge is -2.31. The van der Waals surface area contributed by atoms with E-state index in [2.05, 4.69) is 37.3 Å². The zero-order chi connectivity index (χ0) is 14.1. The van der Waals surface area contributed by atoms with Crippen LogP contribution in [0.2, 0.25) is 10.0 Å². The number of hydrogen-bond donors (Lipinski definition) is 0. The first kappa shape index (κ1) is 14.0. The van der Waals surface area contributed by atoms with E-state index in [-0.39, 0.29) is 0 Å². The van der Waals surface area contributed by atoms with Crippen molar-refractivity contribution in [2.24, 2.45) is 5.92 Å². The van der Waals surface area contributed by atoms with Gasteiger partial charge in [0.2, 0.25) is 0 Å². The summed E-state index contributed by atoms with van der Waals surface area (Å²) < 4.78 is 0. The summed E-state index contributed by atoms with van der Waals surface area (Å²) in [6, 6.07) is 14.9. The normalized spacial score (nSPS) is 21.6. The molecule has 104 valence electrons. The summed E-state index contributed by atoms with van der Waals surface area (Å²) in [7, 11) is 0. The number of benzene rings is 2. The van der Waals surface area contributed by atoms with Crippen molar-refractivity contribution in [1.29, 1.82) is 0 Å². The van der Waals surface area contributed by atoms with Gasteiger partial charge in [-0.25, -0.2) is 0 Å². The molecule has 0 heterocycles. The maximum Gasteiger partial charge on any atom is 0.0595 e. The van der Waals surface area contributed by atoms with Crippen LogP contribution in [0, 0.1) is 5.92 Å². The van der Waals surface area contributed by atoms with E-state index in [9.17, 15) is 0 Å². The third kappa shape index (κ3) is 2.60. The van der Waals surface area contributed by atoms with Crippen molar-refractivity contribution in [2.45, 2.75) is 32.1 Å². The van der Waals surface area contributed by atoms with Crippen LogP contribution in [0.4, 0.5) is 0 Å². The summed E-state index contributed by atoms with van der Waals surface area (Å²) in [5.41, 5.74) is 4.22. The van der Waals surface area contributed by atoms with Gasteiger partial charge in [0.05, 0.1) is 10.0 Å². The SMILES string of the molecule is CC[C@H]1Cc2ccccc2[C@H](c2ccc(Cl)c(Cl)c2)C1. The molecule has 1 aliphatic rings. The van der Waals surface area contributed by atoms with Crippen LogP contribution in [0.3, 0.4) is 0 Å². The molecule has 0 unspecified atom stereocenters. The Bertz CT molecular complexity index is 619. The summed E-state index contributed by atoms with van der Waals surface area (Å²) in [5.74, 6) is 1.20. The second kappa shape index (κ2) is 5.79. The fourth-order valence-corrected chi connectivity index (χ4v) is 3.58. The molecule has 0 amide bonds. The Morgan fingerprint density at radius 3 is 2.60 bits per heavy atom. The quantitative estimate of drug-likeness (QED) is 0.629. The lowest BCUT2D eigenvalue weighted by molar-refractivity contribution is 0.416. The first-order valence-electron chi connectivity index (χ1n) is 7.21. The molecular formula is C18H18Cl2. The Hall–Kier alpha value is -0.980. The molecule has 0 aliphatic heterocycles. The Labute approximate surface area is 130 Å². The van der Waals surface area contributed by atoms with Crippen LogP contribution in [-0.4, -0.2) is 0 Å². The van der Waals surface area contributed by atoms with Crippen molar-refractivity contribution in [3.8, 4) is 0 Å². The van der Waals surface area contributed by atoms with E-state index in [1.807, 2.05) is 12.1 Å². The Balaban J connectivity index is 2.05. The number of halogens is 2. The average Bonchev–Trinajstić information content (AvgIpc) is 2.49. The van der Waals surface area contributed by atoms with Gasteiger partial charge >= 0.3 is 0 Å². The van der Waals surface area contributed by atoms with Gasteiger partial charge in [-0.05, 0) is 47.6 Å². The summed E-state index contributed by atoms with van der Waals surface area (Å²) in [4.78, 5) is 0. The van der Waals surface area contributed by atoms with Gasteiger partial charge in [-0.1, -0.05) is 66.9 Å². The van der Waals surface area contributed by atoms with Crippen molar-refractivity contribution >= 4 is 23.2 Å². The predicted molar refractivity (Wildman–Crippen MR) is 86.8 cm³/mol. The molecule has 0 radical (unpaired) electrons. The Morgan fingerprint density at radius 1 is 1.05 bits per heavy atom. The molecular weight excluding hydrogens is 287 g/mol. The van der Waals surface area contributed by atoms with E-state index in [1.165, 1.54) is 36.0 Å². The van der Waals surface area contributed by atoms with Crippen molar-refractivity contribution < 1.29 is 0 Å². The van der Waals surface area contributed by atoms with Crippen molar-refractivity contribution in [3.05, 3.63) is 69.2 Å². The molecule has 0 saturated carbocycles. The third-order valence-electron chi connectivity index (χ3n) is 4.43. The fourth-order valence-electron chi connectivity index (χ4n) is 3.27. The Kier molecular flexibility index (Phi) is 4.05. The molecule has 0 aromatic heterocycles. The molecule has 2 atom stereocenters. The fraction of sp³-hybridized carbons (Fsp3) is 0.333. The van der Waals surface area contributed by atoms with Crippen molar-refractivity contribution in [2.75, 3.05) is 0 Å². The number of rotatable bonds is 2. The lowest BCUT2D eigenvalue weighted by Crippen LogP contribution is -2.19. The van der Waals surface area contributed by atoms with Gasteiger partial charge < -0.3 is 0 Å². The molecule has 0 spiro atoms. The largest absolute Gasteiger partial charge is 0.0827 e. The van der Waals surface area contributed by atoms with E-state index in [1.54, 1.807) is 0 Å².